The Bertz CT molecular complexity index is 57.7. The van der Waals surface area contributed by atoms with Gasteiger partial charge in [0.05, 0.1) is 22.9 Å². The van der Waals surface area contributed by atoms with Gasteiger partial charge in [0.15, 0.2) is 0 Å². The van der Waals surface area contributed by atoms with E-state index in [-0.39, 0.29) is 0 Å². The summed E-state index contributed by atoms with van der Waals surface area (Å²) in [7, 11) is 0. The van der Waals surface area contributed by atoms with Crippen molar-refractivity contribution in [3.8, 4) is 0 Å². The summed E-state index contributed by atoms with van der Waals surface area (Å²) in [6.07, 6.45) is 2.73. The van der Waals surface area contributed by atoms with Gasteiger partial charge in [0, 0.05) is 6.54 Å². The fourth-order valence-electron chi connectivity index (χ4n) is 0.242. The summed E-state index contributed by atoms with van der Waals surface area (Å²) in [5.74, 6) is 0. The van der Waals surface area contributed by atoms with Crippen molar-refractivity contribution in [2.24, 2.45) is 0 Å². The van der Waals surface area contributed by atoms with Crippen LogP contribution in [0.2, 0.25) is 0 Å². The number of halogens is 1. The smallest absolute Gasteiger partial charge is 0.277 e. The summed E-state index contributed by atoms with van der Waals surface area (Å²) < 4.78 is 1.47. The van der Waals surface area contributed by atoms with Gasteiger partial charge in [-0.1, -0.05) is 6.92 Å². The average molecular weight is 212 g/mol. The highest BCUT2D eigenvalue weighted by atomic mass is 127. The van der Waals surface area contributed by atoms with Crippen molar-refractivity contribution in [1.29, 1.82) is 0 Å². The second kappa shape index (κ2) is 4.36. The molecule has 0 rings (SSSR count). The van der Waals surface area contributed by atoms with E-state index in [1.165, 1.54) is 3.11 Å². The van der Waals surface area contributed by atoms with Gasteiger partial charge in [-0.2, -0.15) is 0 Å². The highest BCUT2D eigenvalue weighted by Crippen LogP contribution is 1.93. The number of rotatable bonds is 3. The first-order chi connectivity index (χ1) is 3.31. The molecule has 41 valence electrons. The Morgan fingerprint density at radius 2 is 2.43 bits per heavy atom. The van der Waals surface area contributed by atoms with Crippen LogP contribution >= 0.6 is 22.9 Å². The van der Waals surface area contributed by atoms with E-state index in [0.717, 1.165) is 13.0 Å². The molecule has 0 saturated carbocycles. The van der Waals surface area contributed by atoms with E-state index in [4.69, 9.17) is 0 Å². The van der Waals surface area contributed by atoms with Crippen molar-refractivity contribution in [2.75, 3.05) is 6.54 Å². The fourth-order valence-corrected chi connectivity index (χ4v) is 0.724. The van der Waals surface area contributed by atoms with Crippen LogP contribution in [-0.4, -0.2) is 16.1 Å². The molecule has 0 aliphatic carbocycles. The topological polar surface area (TPSA) is 20.3 Å². The quantitative estimate of drug-likeness (QED) is 0.390. The Hall–Kier alpha value is 0.200. The van der Waals surface area contributed by atoms with Crippen molar-refractivity contribution in [3.05, 3.63) is 0 Å². The highest BCUT2D eigenvalue weighted by molar-refractivity contribution is 14.1. The fraction of sp³-hybridized carbons (Fsp3) is 0.750. The SMILES string of the molecule is CCCN(I)[C]=O. The maximum absolute atomic E-state index is 9.69. The summed E-state index contributed by atoms with van der Waals surface area (Å²) in [6, 6.07) is 0. The standard InChI is InChI=1S/C4H7INO/c1-2-3-6(5)4-7/h2-3H2,1H3. The summed E-state index contributed by atoms with van der Waals surface area (Å²) >= 11 is 1.92. The van der Waals surface area contributed by atoms with Crippen LogP contribution in [0.25, 0.3) is 0 Å². The molecule has 0 unspecified atom stereocenters. The van der Waals surface area contributed by atoms with E-state index in [1.807, 2.05) is 29.8 Å². The molecule has 0 aromatic rings. The molecule has 0 aromatic heterocycles. The first-order valence-electron chi connectivity index (χ1n) is 2.12. The van der Waals surface area contributed by atoms with E-state index < -0.39 is 0 Å². The molecule has 0 saturated heterocycles. The molecule has 1 amide bonds. The average Bonchev–Trinajstić information content (AvgIpc) is 1.68. The lowest BCUT2D eigenvalue weighted by Crippen LogP contribution is -2.07. The lowest BCUT2D eigenvalue weighted by atomic mass is 10.5. The van der Waals surface area contributed by atoms with Crippen molar-refractivity contribution in [2.45, 2.75) is 13.3 Å². The molecule has 1 radical (unpaired) electrons. The van der Waals surface area contributed by atoms with Crippen LogP contribution in [0.1, 0.15) is 13.3 Å². The van der Waals surface area contributed by atoms with Crippen molar-refractivity contribution in [1.82, 2.24) is 3.11 Å². The molecule has 0 aliphatic rings. The van der Waals surface area contributed by atoms with E-state index in [0.29, 0.717) is 0 Å². The molecule has 0 atom stereocenters. The predicted molar refractivity (Wildman–Crippen MR) is 36.7 cm³/mol. The van der Waals surface area contributed by atoms with E-state index >= 15 is 0 Å². The third-order valence-corrected chi connectivity index (χ3v) is 1.20. The Kier molecular flexibility index (Phi) is 4.49. The second-order valence-electron chi connectivity index (χ2n) is 1.18. The second-order valence-corrected chi connectivity index (χ2v) is 2.34. The Labute approximate surface area is 57.4 Å². The van der Waals surface area contributed by atoms with Gasteiger partial charge in [-0.25, -0.2) is 0 Å². The van der Waals surface area contributed by atoms with Crippen LogP contribution in [0.5, 0.6) is 0 Å². The third-order valence-electron chi connectivity index (χ3n) is 0.519. The molecule has 0 spiro atoms. The molecule has 0 aromatic carbocycles. The molecule has 2 nitrogen and oxygen atoms in total. The van der Waals surface area contributed by atoms with Gasteiger partial charge in [0.2, 0.25) is 0 Å². The van der Waals surface area contributed by atoms with Gasteiger partial charge in [-0.15, -0.1) is 0 Å². The Morgan fingerprint density at radius 3 is 2.57 bits per heavy atom. The molecular formula is C4H7INO. The maximum atomic E-state index is 9.69. The van der Waals surface area contributed by atoms with Crippen LogP contribution < -0.4 is 0 Å². The van der Waals surface area contributed by atoms with E-state index in [9.17, 15) is 4.79 Å². The Morgan fingerprint density at radius 1 is 1.86 bits per heavy atom. The van der Waals surface area contributed by atoms with Gasteiger partial charge >= 0.3 is 6.41 Å². The minimum atomic E-state index is 0.796. The van der Waals surface area contributed by atoms with Crippen LogP contribution in [0.4, 0.5) is 0 Å². The molecule has 3 heteroatoms. The minimum Gasteiger partial charge on any atom is -0.277 e. The van der Waals surface area contributed by atoms with Gasteiger partial charge in [0.25, 0.3) is 0 Å². The zero-order valence-electron chi connectivity index (χ0n) is 4.15. The normalized spacial score (nSPS) is 8.29. The largest absolute Gasteiger partial charge is 0.321 e. The van der Waals surface area contributed by atoms with Crippen molar-refractivity contribution >= 4 is 29.3 Å². The maximum Gasteiger partial charge on any atom is 0.321 e. The molecule has 7 heavy (non-hydrogen) atoms. The van der Waals surface area contributed by atoms with Crippen molar-refractivity contribution < 1.29 is 4.79 Å². The lowest BCUT2D eigenvalue weighted by Gasteiger charge is -2.00. The van der Waals surface area contributed by atoms with E-state index in [2.05, 4.69) is 0 Å². The van der Waals surface area contributed by atoms with Crippen molar-refractivity contribution in [3.63, 3.8) is 0 Å². The Balaban J connectivity index is 2.98. The molecule has 0 bridgehead atoms. The van der Waals surface area contributed by atoms with E-state index in [1.54, 1.807) is 6.41 Å². The predicted octanol–water partition coefficient (Wildman–Crippen LogP) is 1.12. The summed E-state index contributed by atoms with van der Waals surface area (Å²) in [6.45, 7) is 2.81. The highest BCUT2D eigenvalue weighted by Gasteiger charge is 1.89. The van der Waals surface area contributed by atoms with Gasteiger partial charge in [-0.3, -0.25) is 7.91 Å². The molecular weight excluding hydrogens is 205 g/mol. The zero-order chi connectivity index (χ0) is 5.70. The first-order valence-corrected chi connectivity index (χ1v) is 3.08. The van der Waals surface area contributed by atoms with Crippen LogP contribution in [0, 0.1) is 0 Å². The minimum absolute atomic E-state index is 0.796. The summed E-state index contributed by atoms with van der Waals surface area (Å²) in [5, 5.41) is 0. The number of nitrogens with zero attached hydrogens (tertiary/aromatic N) is 1. The lowest BCUT2D eigenvalue weighted by molar-refractivity contribution is 0.513. The van der Waals surface area contributed by atoms with Crippen LogP contribution in [0.3, 0.4) is 0 Å². The van der Waals surface area contributed by atoms with Crippen LogP contribution in [0.15, 0.2) is 0 Å². The third kappa shape index (κ3) is 4.04. The monoisotopic (exact) mass is 212 g/mol. The number of amides is 1. The van der Waals surface area contributed by atoms with Gasteiger partial charge in [0.1, 0.15) is 0 Å². The number of carbonyl (C=O) groups excluding carboxylic acids is 1. The van der Waals surface area contributed by atoms with Gasteiger partial charge < -0.3 is 0 Å². The van der Waals surface area contributed by atoms with Crippen LogP contribution in [-0.2, 0) is 4.79 Å². The zero-order valence-corrected chi connectivity index (χ0v) is 6.31. The molecule has 0 aliphatic heterocycles. The first kappa shape index (κ1) is 7.20. The molecule has 0 N–H and O–H groups in total. The van der Waals surface area contributed by atoms with Gasteiger partial charge in [-0.05, 0) is 6.42 Å². The summed E-state index contributed by atoms with van der Waals surface area (Å²) in [4.78, 5) is 9.69. The number of hydrogen-bond donors (Lipinski definition) is 0. The summed E-state index contributed by atoms with van der Waals surface area (Å²) in [5.41, 5.74) is 0. The molecule has 0 fully saturated rings. The molecule has 0 heterocycles. The number of hydrogen-bond acceptors (Lipinski definition) is 1.